The topological polar surface area (TPSA) is 43.3 Å². The summed E-state index contributed by atoms with van der Waals surface area (Å²) in [6, 6.07) is 25.1. The van der Waals surface area contributed by atoms with Gasteiger partial charge in [-0.2, -0.15) is 0 Å². The van der Waals surface area contributed by atoms with Crippen LogP contribution in [0, 0.1) is 0 Å². The highest BCUT2D eigenvalue weighted by Gasteiger charge is 2.27. The first-order valence-corrected chi connectivity index (χ1v) is 9.48. The Hall–Kier alpha value is -3.53. The average Bonchev–Trinajstić information content (AvgIpc) is 3.11. The first-order valence-electron chi connectivity index (χ1n) is 9.48. The molecule has 0 aliphatic carbocycles. The molecule has 1 aliphatic heterocycles. The lowest BCUT2D eigenvalue weighted by molar-refractivity contribution is -0.139. The Morgan fingerprint density at radius 2 is 1.71 bits per heavy atom. The highest BCUT2D eigenvalue weighted by Crippen LogP contribution is 2.33. The average molecular weight is 368 g/mol. The number of esters is 1. The number of aromatic nitrogens is 1. The van der Waals surface area contributed by atoms with Gasteiger partial charge in [0.25, 0.3) is 0 Å². The van der Waals surface area contributed by atoms with Gasteiger partial charge in [-0.15, -0.1) is 0 Å². The van der Waals surface area contributed by atoms with E-state index in [0.29, 0.717) is 12.3 Å². The predicted molar refractivity (Wildman–Crippen MR) is 112 cm³/mol. The maximum atomic E-state index is 12.5. The van der Waals surface area contributed by atoms with E-state index in [9.17, 15) is 4.79 Å². The molecule has 0 radical (unpaired) electrons. The number of benzene rings is 3. The van der Waals surface area contributed by atoms with Crippen molar-refractivity contribution in [3.63, 3.8) is 0 Å². The number of ether oxygens (including phenoxy) is 1. The Labute approximate surface area is 163 Å². The summed E-state index contributed by atoms with van der Waals surface area (Å²) in [5.41, 5.74) is 3.69. The maximum absolute atomic E-state index is 12.5. The third kappa shape index (κ3) is 2.65. The van der Waals surface area contributed by atoms with E-state index < -0.39 is 0 Å². The highest BCUT2D eigenvalue weighted by atomic mass is 16.5. The smallest absolute Gasteiger partial charge is 0.354 e. The van der Waals surface area contributed by atoms with E-state index in [1.54, 1.807) is 0 Å². The number of nitrogens with one attached hydrogen (secondary N) is 1. The zero-order chi connectivity index (χ0) is 19.1. The van der Waals surface area contributed by atoms with Gasteiger partial charge in [0.2, 0.25) is 0 Å². The fourth-order valence-corrected chi connectivity index (χ4v) is 3.93. The normalized spacial score (nSPS) is 15.8. The van der Waals surface area contributed by atoms with Crippen LogP contribution >= 0.6 is 0 Å². The second kappa shape index (κ2) is 6.57. The van der Waals surface area contributed by atoms with Gasteiger partial charge in [-0.1, -0.05) is 54.6 Å². The van der Waals surface area contributed by atoms with Crippen molar-refractivity contribution in [3.05, 3.63) is 89.8 Å². The van der Waals surface area contributed by atoms with Crippen LogP contribution in [-0.2, 0) is 9.53 Å². The molecule has 0 saturated heterocycles. The van der Waals surface area contributed by atoms with Crippen molar-refractivity contribution in [2.45, 2.75) is 13.1 Å². The van der Waals surface area contributed by atoms with Gasteiger partial charge in [-0.25, -0.2) is 4.79 Å². The van der Waals surface area contributed by atoms with Crippen LogP contribution in [0.1, 0.15) is 24.3 Å². The van der Waals surface area contributed by atoms with Crippen LogP contribution in [0.2, 0.25) is 0 Å². The van der Waals surface area contributed by atoms with Crippen molar-refractivity contribution in [1.29, 1.82) is 0 Å². The fraction of sp³-hybridized carbons (Fsp3) is 0.125. The van der Waals surface area contributed by atoms with E-state index >= 15 is 0 Å². The van der Waals surface area contributed by atoms with Crippen LogP contribution in [0.5, 0.6) is 0 Å². The Kier molecular flexibility index (Phi) is 3.90. The largest absolute Gasteiger partial charge is 0.461 e. The first kappa shape index (κ1) is 16.6. The summed E-state index contributed by atoms with van der Waals surface area (Å²) in [6.07, 6.45) is 1.68. The number of carbonyl (C=O) groups excluding carboxylic acids is 1. The minimum absolute atomic E-state index is 0.191. The van der Waals surface area contributed by atoms with E-state index in [0.717, 1.165) is 22.2 Å². The van der Waals surface area contributed by atoms with Gasteiger partial charge in [0.15, 0.2) is 0 Å². The molecule has 5 rings (SSSR count). The first-order chi connectivity index (χ1) is 13.7. The third-order valence-electron chi connectivity index (χ3n) is 5.21. The van der Waals surface area contributed by atoms with Crippen molar-refractivity contribution < 1.29 is 9.53 Å². The lowest BCUT2D eigenvalue weighted by Gasteiger charge is -2.29. The molecule has 3 aromatic carbocycles. The maximum Gasteiger partial charge on any atom is 0.354 e. The Bertz CT molecular complexity index is 1240. The number of hydrogen-bond donors (Lipinski definition) is 1. The molecule has 4 nitrogen and oxygen atoms in total. The number of nitrogens with zero attached hydrogens (tertiary/aromatic N) is 1. The Morgan fingerprint density at radius 3 is 2.54 bits per heavy atom. The molecule has 0 amide bonds. The van der Waals surface area contributed by atoms with Crippen molar-refractivity contribution in [3.8, 4) is 0 Å². The van der Waals surface area contributed by atoms with Crippen molar-refractivity contribution >= 4 is 33.7 Å². The molecule has 28 heavy (non-hydrogen) atoms. The zero-order valence-electron chi connectivity index (χ0n) is 15.6. The molecule has 138 valence electrons. The van der Waals surface area contributed by atoms with E-state index in [1.807, 2.05) is 37.3 Å². The van der Waals surface area contributed by atoms with Gasteiger partial charge >= 0.3 is 5.97 Å². The molecule has 4 aromatic rings. The van der Waals surface area contributed by atoms with Gasteiger partial charge in [0.05, 0.1) is 12.1 Å². The monoisotopic (exact) mass is 368 g/mol. The minimum atomic E-state index is -0.329. The molecule has 0 saturated carbocycles. The SMILES string of the molecule is CCOC(=O)C1=Cc2cc3ccccc3n2C(c2ccc3ccccc3c2)N1. The van der Waals surface area contributed by atoms with Gasteiger partial charge in [0.1, 0.15) is 11.9 Å². The lowest BCUT2D eigenvalue weighted by atomic mass is 10.0. The van der Waals surface area contributed by atoms with Gasteiger partial charge in [-0.05, 0) is 47.5 Å². The molecule has 1 aliphatic rings. The van der Waals surface area contributed by atoms with Crippen molar-refractivity contribution in [2.24, 2.45) is 0 Å². The molecule has 1 unspecified atom stereocenters. The van der Waals surface area contributed by atoms with E-state index in [2.05, 4.69) is 58.4 Å². The molecule has 1 atom stereocenters. The standard InChI is InChI=1S/C24H20N2O2/c1-2-28-24(27)21-15-20-14-18-9-5-6-10-22(18)26(20)23(25-21)19-12-11-16-7-3-4-8-17(16)13-19/h3-15,23,25H,2H2,1H3. The second-order valence-corrected chi connectivity index (χ2v) is 6.93. The summed E-state index contributed by atoms with van der Waals surface area (Å²) in [5, 5.41) is 6.92. The highest BCUT2D eigenvalue weighted by molar-refractivity contribution is 5.95. The molecule has 0 fully saturated rings. The van der Waals surface area contributed by atoms with Crippen LogP contribution < -0.4 is 5.32 Å². The third-order valence-corrected chi connectivity index (χ3v) is 5.21. The summed E-state index contributed by atoms with van der Waals surface area (Å²) in [5.74, 6) is -0.329. The van der Waals surface area contributed by atoms with E-state index in [1.165, 1.54) is 10.8 Å². The van der Waals surface area contributed by atoms with Crippen LogP contribution in [0.3, 0.4) is 0 Å². The quantitative estimate of drug-likeness (QED) is 0.526. The van der Waals surface area contributed by atoms with Gasteiger partial charge in [-0.3, -0.25) is 0 Å². The number of carbonyl (C=O) groups is 1. The predicted octanol–water partition coefficient (Wildman–Crippen LogP) is 4.85. The fourth-order valence-electron chi connectivity index (χ4n) is 3.93. The van der Waals surface area contributed by atoms with Gasteiger partial charge < -0.3 is 14.6 Å². The number of hydrogen-bond acceptors (Lipinski definition) is 3. The number of fused-ring (bicyclic) bond motifs is 4. The van der Waals surface area contributed by atoms with Crippen LogP contribution in [0.25, 0.3) is 27.8 Å². The van der Waals surface area contributed by atoms with Crippen molar-refractivity contribution in [2.75, 3.05) is 6.61 Å². The molecule has 1 N–H and O–H groups in total. The zero-order valence-corrected chi connectivity index (χ0v) is 15.6. The molecule has 1 aromatic heterocycles. The molecular weight excluding hydrogens is 348 g/mol. The Morgan fingerprint density at radius 1 is 0.964 bits per heavy atom. The number of rotatable bonds is 3. The van der Waals surface area contributed by atoms with E-state index in [-0.39, 0.29) is 12.1 Å². The second-order valence-electron chi connectivity index (χ2n) is 6.93. The molecule has 4 heteroatoms. The summed E-state index contributed by atoms with van der Waals surface area (Å²) < 4.78 is 7.48. The van der Waals surface area contributed by atoms with Crippen LogP contribution in [-0.4, -0.2) is 17.1 Å². The molecule has 2 heterocycles. The Balaban J connectivity index is 1.70. The number of para-hydroxylation sites is 1. The lowest BCUT2D eigenvalue weighted by Crippen LogP contribution is -2.34. The minimum Gasteiger partial charge on any atom is -0.461 e. The van der Waals surface area contributed by atoms with E-state index in [4.69, 9.17) is 4.74 Å². The molecular formula is C24H20N2O2. The molecule has 0 spiro atoms. The summed E-state index contributed by atoms with van der Waals surface area (Å²) in [4.78, 5) is 12.5. The summed E-state index contributed by atoms with van der Waals surface area (Å²) in [6.45, 7) is 2.17. The van der Waals surface area contributed by atoms with Crippen LogP contribution in [0.15, 0.2) is 78.5 Å². The molecule has 0 bridgehead atoms. The summed E-state index contributed by atoms with van der Waals surface area (Å²) >= 11 is 0. The summed E-state index contributed by atoms with van der Waals surface area (Å²) in [7, 11) is 0. The van der Waals surface area contributed by atoms with Crippen molar-refractivity contribution in [1.82, 2.24) is 9.88 Å². The van der Waals surface area contributed by atoms with Crippen LogP contribution in [0.4, 0.5) is 0 Å². The van der Waals surface area contributed by atoms with Gasteiger partial charge in [0, 0.05) is 11.1 Å².